The highest BCUT2D eigenvalue weighted by molar-refractivity contribution is 6.02. The molecule has 2 atom stereocenters. The van der Waals surface area contributed by atoms with Gasteiger partial charge in [0.15, 0.2) is 11.6 Å². The molecule has 4 rings (SSSR count). The summed E-state index contributed by atoms with van der Waals surface area (Å²) in [5.74, 6) is -1.97. The molecule has 0 aromatic heterocycles. The summed E-state index contributed by atoms with van der Waals surface area (Å²) in [5.41, 5.74) is 4.26. The smallest absolute Gasteiger partial charge is 0.224 e. The van der Waals surface area contributed by atoms with Crippen LogP contribution < -0.4 is 0 Å². The molecule has 3 aromatic carbocycles. The highest BCUT2D eigenvalue weighted by Gasteiger charge is 2.46. The zero-order valence-corrected chi connectivity index (χ0v) is 20.2. The van der Waals surface area contributed by atoms with Gasteiger partial charge in [-0.3, -0.25) is 14.4 Å². The molecule has 0 spiro atoms. The topological polar surface area (TPSA) is 74.7 Å². The second-order valence-electron chi connectivity index (χ2n) is 9.26. The van der Waals surface area contributed by atoms with Gasteiger partial charge in [-0.15, -0.1) is 0 Å². The van der Waals surface area contributed by atoms with Crippen LogP contribution in [0.5, 0.6) is 0 Å². The molecule has 1 fully saturated rings. The summed E-state index contributed by atoms with van der Waals surface area (Å²) in [6.07, 6.45) is -0.0351. The lowest BCUT2D eigenvalue weighted by Gasteiger charge is -2.43. The van der Waals surface area contributed by atoms with E-state index in [0.29, 0.717) is 11.1 Å². The molecule has 35 heavy (non-hydrogen) atoms. The number of aliphatic hydroxyl groups excluding tert-OH is 1. The zero-order chi connectivity index (χ0) is 24.9. The summed E-state index contributed by atoms with van der Waals surface area (Å²) < 4.78 is 0. The lowest BCUT2D eigenvalue weighted by Crippen LogP contribution is -2.52. The van der Waals surface area contributed by atoms with Gasteiger partial charge in [0.05, 0.1) is 6.61 Å². The Balaban J connectivity index is 1.87. The van der Waals surface area contributed by atoms with Crippen molar-refractivity contribution in [3.63, 3.8) is 0 Å². The number of carbonyl (C=O) groups excluding carboxylic acids is 3. The number of hydrogen-bond acceptors (Lipinski definition) is 4. The molecule has 1 aliphatic rings. The lowest BCUT2D eigenvalue weighted by atomic mass is 9.67. The van der Waals surface area contributed by atoms with Gasteiger partial charge in [0.2, 0.25) is 5.91 Å². The highest BCUT2D eigenvalue weighted by Crippen LogP contribution is 2.42. The van der Waals surface area contributed by atoms with Crippen molar-refractivity contribution in [1.29, 1.82) is 0 Å². The summed E-state index contributed by atoms with van der Waals surface area (Å²) in [6, 6.07) is 24.1. The van der Waals surface area contributed by atoms with Gasteiger partial charge in [0.1, 0.15) is 0 Å². The largest absolute Gasteiger partial charge is 0.396 e. The van der Waals surface area contributed by atoms with E-state index in [1.807, 2.05) is 68.4 Å². The van der Waals surface area contributed by atoms with Crippen molar-refractivity contribution < 1.29 is 19.5 Å². The van der Waals surface area contributed by atoms with Crippen molar-refractivity contribution in [2.24, 2.45) is 11.8 Å². The molecule has 3 aromatic rings. The Bertz CT molecular complexity index is 1140. The van der Waals surface area contributed by atoms with E-state index in [1.165, 1.54) is 0 Å². The number of piperidine rings is 1. The maximum Gasteiger partial charge on any atom is 0.224 e. The van der Waals surface area contributed by atoms with Crippen LogP contribution in [-0.4, -0.2) is 47.2 Å². The first-order chi connectivity index (χ1) is 16.9. The number of Topliss-reactive ketones (excluding diaryl/α,β-unsaturated/α-hetero) is 2. The van der Waals surface area contributed by atoms with Crippen LogP contribution in [-0.2, 0) is 4.79 Å². The normalized spacial score (nSPS) is 19.9. The van der Waals surface area contributed by atoms with Crippen LogP contribution in [0.25, 0.3) is 0 Å². The number of hydrogen-bond donors (Lipinski definition) is 1. The van der Waals surface area contributed by atoms with E-state index in [9.17, 15) is 19.5 Å². The van der Waals surface area contributed by atoms with Gasteiger partial charge in [0, 0.05) is 48.4 Å². The number of amides is 1. The maximum atomic E-state index is 13.9. The van der Waals surface area contributed by atoms with E-state index in [-0.39, 0.29) is 49.5 Å². The summed E-state index contributed by atoms with van der Waals surface area (Å²) >= 11 is 0. The molecule has 1 N–H and O–H groups in total. The van der Waals surface area contributed by atoms with Crippen molar-refractivity contribution in [3.05, 3.63) is 107 Å². The minimum Gasteiger partial charge on any atom is -0.396 e. The first kappa shape index (κ1) is 24.6. The molecule has 1 saturated heterocycles. The van der Waals surface area contributed by atoms with E-state index in [4.69, 9.17) is 0 Å². The first-order valence-electron chi connectivity index (χ1n) is 12.1. The number of likely N-dealkylation sites (tertiary alicyclic amines) is 1. The number of aliphatic hydroxyl groups is 1. The lowest BCUT2D eigenvalue weighted by molar-refractivity contribution is -0.134. The Labute approximate surface area is 206 Å². The van der Waals surface area contributed by atoms with Gasteiger partial charge in [-0.1, -0.05) is 78.9 Å². The fourth-order valence-electron chi connectivity index (χ4n) is 5.21. The summed E-state index contributed by atoms with van der Waals surface area (Å²) in [6.45, 7) is 4.21. The number of rotatable bonds is 7. The molecule has 0 saturated carbocycles. The Morgan fingerprint density at radius 2 is 1.29 bits per heavy atom. The highest BCUT2D eigenvalue weighted by atomic mass is 16.3. The Kier molecular flexibility index (Phi) is 7.57. The van der Waals surface area contributed by atoms with Crippen molar-refractivity contribution in [3.8, 4) is 0 Å². The second kappa shape index (κ2) is 10.8. The molecule has 5 heteroatoms. The third kappa shape index (κ3) is 5.10. The van der Waals surface area contributed by atoms with Gasteiger partial charge in [-0.05, 0) is 30.5 Å². The zero-order valence-electron chi connectivity index (χ0n) is 20.2. The quantitative estimate of drug-likeness (QED) is 0.513. The fourth-order valence-corrected chi connectivity index (χ4v) is 5.21. The Morgan fingerprint density at radius 1 is 0.771 bits per heavy atom. The molecule has 1 aliphatic heterocycles. The number of ketones is 2. The van der Waals surface area contributed by atoms with Gasteiger partial charge < -0.3 is 10.0 Å². The predicted molar refractivity (Wildman–Crippen MR) is 135 cm³/mol. The van der Waals surface area contributed by atoms with Crippen LogP contribution >= 0.6 is 0 Å². The molecule has 0 aliphatic carbocycles. The van der Waals surface area contributed by atoms with Crippen LogP contribution in [0.3, 0.4) is 0 Å². The number of carbonyl (C=O) groups is 3. The van der Waals surface area contributed by atoms with Crippen LogP contribution in [0.2, 0.25) is 0 Å². The Morgan fingerprint density at radius 3 is 1.77 bits per heavy atom. The average molecular weight is 470 g/mol. The van der Waals surface area contributed by atoms with Crippen LogP contribution in [0, 0.1) is 25.7 Å². The molecular weight excluding hydrogens is 438 g/mol. The van der Waals surface area contributed by atoms with E-state index in [2.05, 4.69) is 0 Å². The molecule has 1 heterocycles. The van der Waals surface area contributed by atoms with Crippen molar-refractivity contribution in [2.45, 2.75) is 26.2 Å². The third-order valence-corrected chi connectivity index (χ3v) is 7.18. The number of benzene rings is 3. The molecule has 5 nitrogen and oxygen atoms in total. The standard InChI is InChI=1S/C30H31NO4/c1-20-10-9-15-24(21(20)2)28-25(29(34)22-11-5-3-6-12-22)18-31(27(33)16-17-32)19-26(28)30(35)23-13-7-4-8-14-23/h3-15,25-26,28,32H,16-19H2,1-2H3. The SMILES string of the molecule is Cc1cccc(C2C(C(=O)c3ccccc3)CN(C(=O)CCO)CC2C(=O)c2ccccc2)c1C. The average Bonchev–Trinajstić information content (AvgIpc) is 2.90. The van der Waals surface area contributed by atoms with E-state index >= 15 is 0 Å². The minimum absolute atomic E-state index is 0.0351. The fraction of sp³-hybridized carbons (Fsp3) is 0.300. The number of nitrogens with zero attached hydrogens (tertiary/aromatic N) is 1. The molecule has 0 radical (unpaired) electrons. The van der Waals surface area contributed by atoms with Gasteiger partial charge >= 0.3 is 0 Å². The minimum atomic E-state index is -0.591. The maximum absolute atomic E-state index is 13.9. The van der Waals surface area contributed by atoms with Crippen molar-refractivity contribution in [1.82, 2.24) is 4.90 Å². The van der Waals surface area contributed by atoms with E-state index in [0.717, 1.165) is 16.7 Å². The molecule has 1 amide bonds. The molecule has 2 unspecified atom stereocenters. The van der Waals surface area contributed by atoms with Gasteiger partial charge in [0.25, 0.3) is 0 Å². The van der Waals surface area contributed by atoms with E-state index < -0.39 is 11.8 Å². The first-order valence-corrected chi connectivity index (χ1v) is 12.1. The predicted octanol–water partition coefficient (Wildman–Crippen LogP) is 4.61. The molecule has 0 bridgehead atoms. The van der Waals surface area contributed by atoms with Crippen molar-refractivity contribution >= 4 is 17.5 Å². The monoisotopic (exact) mass is 469 g/mol. The third-order valence-electron chi connectivity index (χ3n) is 7.18. The van der Waals surface area contributed by atoms with Crippen LogP contribution in [0.1, 0.15) is 49.7 Å². The number of aryl methyl sites for hydroxylation is 1. The molecule has 180 valence electrons. The second-order valence-corrected chi connectivity index (χ2v) is 9.26. The van der Waals surface area contributed by atoms with Crippen molar-refractivity contribution in [2.75, 3.05) is 19.7 Å². The summed E-state index contributed by atoms with van der Waals surface area (Å²) in [4.78, 5) is 42.3. The Hall–Kier alpha value is -3.57. The van der Waals surface area contributed by atoms with Gasteiger partial charge in [-0.2, -0.15) is 0 Å². The summed E-state index contributed by atoms with van der Waals surface area (Å²) in [5, 5.41) is 9.39. The molecular formula is C30H31NO4. The van der Waals surface area contributed by atoms with Crippen LogP contribution in [0.4, 0.5) is 0 Å². The van der Waals surface area contributed by atoms with Gasteiger partial charge in [-0.25, -0.2) is 0 Å². The van der Waals surface area contributed by atoms with Crippen LogP contribution in [0.15, 0.2) is 78.9 Å². The summed E-state index contributed by atoms with van der Waals surface area (Å²) in [7, 11) is 0. The van der Waals surface area contributed by atoms with E-state index in [1.54, 1.807) is 29.2 Å².